The van der Waals surface area contributed by atoms with E-state index in [2.05, 4.69) is 20.5 Å². The molecule has 0 saturated heterocycles. The molecule has 0 spiro atoms. The fraction of sp³-hybridized carbons (Fsp3) is 0. The van der Waals surface area contributed by atoms with Gasteiger partial charge in [0, 0.05) is 17.1 Å². The quantitative estimate of drug-likeness (QED) is 0.705. The molecule has 0 saturated carbocycles. The average molecular weight is 254 g/mol. The van der Waals surface area contributed by atoms with Gasteiger partial charge in [0.05, 0.1) is 17.2 Å². The zero-order valence-electron chi connectivity index (χ0n) is 9.42. The Morgan fingerprint density at radius 3 is 2.94 bits per heavy atom. The Kier molecular flexibility index (Phi) is 2.74. The molecule has 4 nitrogen and oxygen atoms in total. The number of aromatic amines is 1. The molecule has 1 aromatic carbocycles. The molecular formula is C13H10N4S. The predicted molar refractivity (Wildman–Crippen MR) is 76.6 cm³/mol. The summed E-state index contributed by atoms with van der Waals surface area (Å²) in [7, 11) is 0. The van der Waals surface area contributed by atoms with E-state index in [1.54, 1.807) is 12.4 Å². The van der Waals surface area contributed by atoms with Gasteiger partial charge in [0.1, 0.15) is 5.82 Å². The summed E-state index contributed by atoms with van der Waals surface area (Å²) in [5.74, 6) is 0.793. The first-order valence-corrected chi connectivity index (χ1v) is 5.95. The van der Waals surface area contributed by atoms with Gasteiger partial charge in [-0.15, -0.1) is 0 Å². The first kappa shape index (κ1) is 10.9. The second-order valence-corrected chi connectivity index (χ2v) is 4.03. The third-order valence-corrected chi connectivity index (χ3v) is 2.90. The lowest BCUT2D eigenvalue weighted by Gasteiger charge is -2.06. The summed E-state index contributed by atoms with van der Waals surface area (Å²) in [4.78, 5) is 4.35. The van der Waals surface area contributed by atoms with E-state index in [9.17, 15) is 0 Å². The molecule has 3 rings (SSSR count). The van der Waals surface area contributed by atoms with Crippen LogP contribution in [0.4, 0.5) is 5.82 Å². The number of pyridine rings is 1. The lowest BCUT2D eigenvalue weighted by atomic mass is 10.0. The van der Waals surface area contributed by atoms with Crippen LogP contribution in [0.25, 0.3) is 22.0 Å². The molecule has 88 valence electrons. The monoisotopic (exact) mass is 254 g/mol. The molecule has 0 aliphatic rings. The van der Waals surface area contributed by atoms with Crippen molar-refractivity contribution < 1.29 is 0 Å². The van der Waals surface area contributed by atoms with Crippen LogP contribution in [0.2, 0.25) is 0 Å². The Morgan fingerprint density at radius 1 is 1.17 bits per heavy atom. The van der Waals surface area contributed by atoms with Gasteiger partial charge in [-0.3, -0.25) is 10.1 Å². The van der Waals surface area contributed by atoms with Crippen molar-refractivity contribution in [2.45, 2.75) is 0 Å². The maximum Gasteiger partial charge on any atom is 0.134 e. The van der Waals surface area contributed by atoms with Gasteiger partial charge < -0.3 is 5.32 Å². The van der Waals surface area contributed by atoms with Crippen LogP contribution in [0, 0.1) is 0 Å². The second kappa shape index (κ2) is 4.54. The zero-order valence-corrected chi connectivity index (χ0v) is 10.2. The Morgan fingerprint density at radius 2 is 2.06 bits per heavy atom. The van der Waals surface area contributed by atoms with Crippen molar-refractivity contribution in [3.63, 3.8) is 0 Å². The lowest BCUT2D eigenvalue weighted by Crippen LogP contribution is -1.94. The molecule has 0 aliphatic carbocycles. The van der Waals surface area contributed by atoms with Crippen molar-refractivity contribution in [1.29, 1.82) is 0 Å². The van der Waals surface area contributed by atoms with Crippen LogP contribution in [-0.2, 0) is 0 Å². The predicted octanol–water partition coefficient (Wildman–Crippen LogP) is 2.99. The standard InChI is InChI=1S/C13H10N4S/c18-8-15-13-11(7-16-17-13)9-5-6-14-12-4-2-1-3-10(9)12/h1-8H,(H2,15,16,17,18). The van der Waals surface area contributed by atoms with Gasteiger partial charge in [-0.05, 0) is 17.7 Å². The third kappa shape index (κ3) is 1.74. The van der Waals surface area contributed by atoms with Gasteiger partial charge in [-0.25, -0.2) is 0 Å². The van der Waals surface area contributed by atoms with Crippen molar-refractivity contribution in [2.24, 2.45) is 0 Å². The number of benzene rings is 1. The number of fused-ring (bicyclic) bond motifs is 1. The average Bonchev–Trinajstić information content (AvgIpc) is 2.87. The number of rotatable bonds is 3. The summed E-state index contributed by atoms with van der Waals surface area (Å²) in [6.45, 7) is 0. The van der Waals surface area contributed by atoms with Crippen molar-refractivity contribution in [3.8, 4) is 11.1 Å². The van der Waals surface area contributed by atoms with Crippen LogP contribution in [-0.4, -0.2) is 20.7 Å². The number of nitrogens with one attached hydrogen (secondary N) is 2. The number of nitrogens with zero attached hydrogens (tertiary/aromatic N) is 2. The summed E-state index contributed by atoms with van der Waals surface area (Å²) in [6.07, 6.45) is 3.58. The highest BCUT2D eigenvalue weighted by Crippen LogP contribution is 2.31. The molecule has 2 aromatic heterocycles. The van der Waals surface area contributed by atoms with Crippen molar-refractivity contribution >= 4 is 34.4 Å². The van der Waals surface area contributed by atoms with Gasteiger partial charge in [0.25, 0.3) is 0 Å². The molecule has 18 heavy (non-hydrogen) atoms. The van der Waals surface area contributed by atoms with E-state index in [4.69, 9.17) is 12.2 Å². The molecule has 0 aliphatic heterocycles. The van der Waals surface area contributed by atoms with Crippen LogP contribution in [0.5, 0.6) is 0 Å². The van der Waals surface area contributed by atoms with E-state index in [1.807, 2.05) is 30.3 Å². The summed E-state index contributed by atoms with van der Waals surface area (Å²) in [6, 6.07) is 9.99. The molecule has 0 atom stereocenters. The number of hydrogen-bond acceptors (Lipinski definition) is 3. The molecular weight excluding hydrogens is 244 g/mol. The summed E-state index contributed by atoms with van der Waals surface area (Å²) in [5, 5.41) is 11.0. The highest BCUT2D eigenvalue weighted by molar-refractivity contribution is 7.79. The van der Waals surface area contributed by atoms with E-state index >= 15 is 0 Å². The van der Waals surface area contributed by atoms with E-state index in [0.29, 0.717) is 0 Å². The molecule has 0 amide bonds. The van der Waals surface area contributed by atoms with Gasteiger partial charge in [0.15, 0.2) is 0 Å². The first-order chi connectivity index (χ1) is 8.90. The summed E-state index contributed by atoms with van der Waals surface area (Å²) >= 11 is 4.81. The Balaban J connectivity index is 2.25. The Bertz CT molecular complexity index is 700. The molecule has 3 aromatic rings. The van der Waals surface area contributed by atoms with E-state index in [-0.39, 0.29) is 0 Å². The van der Waals surface area contributed by atoms with Crippen LogP contribution in [0.1, 0.15) is 0 Å². The smallest absolute Gasteiger partial charge is 0.134 e. The minimum atomic E-state index is 0.793. The fourth-order valence-corrected chi connectivity index (χ4v) is 2.11. The molecule has 5 heteroatoms. The van der Waals surface area contributed by atoms with Crippen LogP contribution in [0.15, 0.2) is 42.7 Å². The maximum absolute atomic E-state index is 4.81. The maximum atomic E-state index is 4.81. The molecule has 0 unspecified atom stereocenters. The van der Waals surface area contributed by atoms with Crippen LogP contribution < -0.4 is 5.32 Å². The van der Waals surface area contributed by atoms with Crippen molar-refractivity contribution in [1.82, 2.24) is 15.2 Å². The van der Waals surface area contributed by atoms with Crippen LogP contribution in [0.3, 0.4) is 0 Å². The van der Waals surface area contributed by atoms with E-state index < -0.39 is 0 Å². The lowest BCUT2D eigenvalue weighted by molar-refractivity contribution is 1.10. The second-order valence-electron chi connectivity index (χ2n) is 3.80. The van der Waals surface area contributed by atoms with Gasteiger partial charge >= 0.3 is 0 Å². The minimum Gasteiger partial charge on any atom is -0.337 e. The number of hydrogen-bond donors (Lipinski definition) is 2. The van der Waals surface area contributed by atoms with Gasteiger partial charge in [0.2, 0.25) is 0 Å². The highest BCUT2D eigenvalue weighted by atomic mass is 32.1. The molecule has 0 bridgehead atoms. The number of aromatic nitrogens is 3. The fourth-order valence-electron chi connectivity index (χ4n) is 1.99. The highest BCUT2D eigenvalue weighted by Gasteiger charge is 2.10. The summed E-state index contributed by atoms with van der Waals surface area (Å²) in [5.41, 5.74) is 4.48. The third-order valence-electron chi connectivity index (χ3n) is 2.78. The zero-order chi connectivity index (χ0) is 12.4. The first-order valence-electron chi connectivity index (χ1n) is 5.48. The molecule has 2 N–H and O–H groups in total. The largest absolute Gasteiger partial charge is 0.337 e. The molecule has 2 heterocycles. The number of anilines is 1. The number of para-hydroxylation sites is 1. The molecule has 0 radical (unpaired) electrons. The summed E-state index contributed by atoms with van der Waals surface area (Å²) < 4.78 is 0. The Labute approximate surface area is 109 Å². The van der Waals surface area contributed by atoms with Crippen molar-refractivity contribution in [2.75, 3.05) is 5.32 Å². The van der Waals surface area contributed by atoms with Gasteiger partial charge in [-0.2, -0.15) is 5.10 Å². The van der Waals surface area contributed by atoms with Crippen LogP contribution >= 0.6 is 12.2 Å². The van der Waals surface area contributed by atoms with Gasteiger partial charge in [-0.1, -0.05) is 30.4 Å². The van der Waals surface area contributed by atoms with Crippen molar-refractivity contribution in [3.05, 3.63) is 42.7 Å². The van der Waals surface area contributed by atoms with E-state index in [1.165, 1.54) is 5.49 Å². The van der Waals surface area contributed by atoms with E-state index in [0.717, 1.165) is 27.8 Å². The topological polar surface area (TPSA) is 53.6 Å². The number of H-pyrrole nitrogens is 1. The number of thiocarbonyl (C=S) groups is 1. The Hall–Kier alpha value is -2.27. The molecule has 0 fully saturated rings. The minimum absolute atomic E-state index is 0.793. The normalized spacial score (nSPS) is 10.4. The SMILES string of the molecule is S=CNc1[nH]ncc1-c1ccnc2ccccc12.